The summed E-state index contributed by atoms with van der Waals surface area (Å²) in [7, 11) is 1.60. The minimum atomic E-state index is -0.596. The van der Waals surface area contributed by atoms with Crippen LogP contribution in [0.5, 0.6) is 17.2 Å². The highest BCUT2D eigenvalue weighted by Crippen LogP contribution is 2.29. The van der Waals surface area contributed by atoms with Crippen LogP contribution in [0.1, 0.15) is 52.7 Å². The summed E-state index contributed by atoms with van der Waals surface area (Å²) < 4.78 is 16.9. The van der Waals surface area contributed by atoms with Crippen molar-refractivity contribution in [2.45, 2.75) is 65.7 Å². The monoisotopic (exact) mass is 399 g/mol. The number of nitrogens with one attached hydrogen (secondary N) is 1. The Hall–Kier alpha value is -2.69. The van der Waals surface area contributed by atoms with Crippen LogP contribution < -0.4 is 19.5 Å². The molecule has 0 aromatic heterocycles. The summed E-state index contributed by atoms with van der Waals surface area (Å²) in [5, 5.41) is 2.91. The van der Waals surface area contributed by atoms with Crippen molar-refractivity contribution in [2.75, 3.05) is 7.11 Å². The second kappa shape index (κ2) is 9.68. The Labute approximate surface area is 174 Å². The van der Waals surface area contributed by atoms with Crippen molar-refractivity contribution in [3.05, 3.63) is 53.6 Å². The number of carbonyl (C=O) groups excluding carboxylic acids is 1. The quantitative estimate of drug-likeness (QED) is 0.688. The second-order valence-electron chi connectivity index (χ2n) is 8.40. The summed E-state index contributed by atoms with van der Waals surface area (Å²) in [6.45, 7) is 12.5. The largest absolute Gasteiger partial charge is 0.493 e. The Bertz CT molecular complexity index is 807. The zero-order valence-electron chi connectivity index (χ0n) is 18.5. The Kier molecular flexibility index (Phi) is 7.54. The van der Waals surface area contributed by atoms with Gasteiger partial charge in [0.1, 0.15) is 5.75 Å². The zero-order chi connectivity index (χ0) is 21.6. The summed E-state index contributed by atoms with van der Waals surface area (Å²) >= 11 is 0. The van der Waals surface area contributed by atoms with Crippen LogP contribution in [0.3, 0.4) is 0 Å². The number of methoxy groups -OCH3 is 1. The average molecular weight is 400 g/mol. The molecule has 0 bridgehead atoms. The highest BCUT2D eigenvalue weighted by molar-refractivity contribution is 5.80. The van der Waals surface area contributed by atoms with Crippen LogP contribution in [0.25, 0.3) is 0 Å². The molecule has 0 aliphatic carbocycles. The molecule has 5 heteroatoms. The normalized spacial score (nSPS) is 12.4. The van der Waals surface area contributed by atoms with E-state index in [1.54, 1.807) is 14.0 Å². The van der Waals surface area contributed by atoms with Gasteiger partial charge in [-0.25, -0.2) is 0 Å². The number of hydrogen-bond acceptors (Lipinski definition) is 4. The predicted octanol–water partition coefficient (Wildman–Crippen LogP) is 4.86. The van der Waals surface area contributed by atoms with Crippen LogP contribution in [0.2, 0.25) is 0 Å². The molecule has 29 heavy (non-hydrogen) atoms. The van der Waals surface area contributed by atoms with Crippen LogP contribution in [0, 0.1) is 0 Å². The Morgan fingerprint density at radius 2 is 1.62 bits per heavy atom. The molecule has 0 fully saturated rings. The third-order valence-corrected chi connectivity index (χ3v) is 4.46. The van der Waals surface area contributed by atoms with E-state index >= 15 is 0 Å². The van der Waals surface area contributed by atoms with E-state index in [1.165, 1.54) is 5.56 Å². The topological polar surface area (TPSA) is 56.8 Å². The Balaban J connectivity index is 1.93. The van der Waals surface area contributed by atoms with Gasteiger partial charge in [0.2, 0.25) is 0 Å². The third kappa shape index (κ3) is 6.70. The van der Waals surface area contributed by atoms with Gasteiger partial charge in [-0.3, -0.25) is 4.79 Å². The van der Waals surface area contributed by atoms with Crippen LogP contribution in [0.15, 0.2) is 42.5 Å². The van der Waals surface area contributed by atoms with Gasteiger partial charge in [0, 0.05) is 6.54 Å². The summed E-state index contributed by atoms with van der Waals surface area (Å²) in [5.74, 6) is 1.84. The molecule has 5 nitrogen and oxygen atoms in total. The fourth-order valence-corrected chi connectivity index (χ4v) is 2.80. The van der Waals surface area contributed by atoms with Gasteiger partial charge < -0.3 is 19.5 Å². The Morgan fingerprint density at radius 3 is 2.17 bits per heavy atom. The number of carbonyl (C=O) groups is 1. The van der Waals surface area contributed by atoms with Gasteiger partial charge in [0.15, 0.2) is 17.6 Å². The lowest BCUT2D eigenvalue weighted by Crippen LogP contribution is -2.35. The molecule has 158 valence electrons. The molecule has 1 amide bonds. The fraction of sp³-hybridized carbons (Fsp3) is 0.458. The van der Waals surface area contributed by atoms with Crippen LogP contribution in [-0.2, 0) is 16.8 Å². The zero-order valence-corrected chi connectivity index (χ0v) is 18.5. The smallest absolute Gasteiger partial charge is 0.261 e. The van der Waals surface area contributed by atoms with Crippen LogP contribution in [0.4, 0.5) is 0 Å². The predicted molar refractivity (Wildman–Crippen MR) is 116 cm³/mol. The molecule has 0 aliphatic rings. The van der Waals surface area contributed by atoms with E-state index in [0.29, 0.717) is 23.8 Å². The summed E-state index contributed by atoms with van der Waals surface area (Å²) in [4.78, 5) is 12.4. The van der Waals surface area contributed by atoms with Gasteiger partial charge in [0.05, 0.1) is 13.2 Å². The van der Waals surface area contributed by atoms with Crippen molar-refractivity contribution in [2.24, 2.45) is 0 Å². The Morgan fingerprint density at radius 1 is 0.966 bits per heavy atom. The second-order valence-corrected chi connectivity index (χ2v) is 8.40. The molecular weight excluding hydrogens is 366 g/mol. The minimum Gasteiger partial charge on any atom is -0.493 e. The molecule has 2 rings (SSSR count). The number of amides is 1. The molecule has 1 N–H and O–H groups in total. The van der Waals surface area contributed by atoms with Gasteiger partial charge >= 0.3 is 0 Å². The number of hydrogen-bond donors (Lipinski definition) is 1. The van der Waals surface area contributed by atoms with E-state index in [9.17, 15) is 4.79 Å². The average Bonchev–Trinajstić information content (AvgIpc) is 2.66. The SMILES string of the molecule is COc1cc(CNC(=O)[C@H](C)Oc2ccc(C(C)(C)C)cc2)ccc1OC(C)C. The van der Waals surface area contributed by atoms with E-state index in [-0.39, 0.29) is 17.4 Å². The first-order valence-electron chi connectivity index (χ1n) is 9.98. The lowest BCUT2D eigenvalue weighted by molar-refractivity contribution is -0.127. The van der Waals surface area contributed by atoms with E-state index in [4.69, 9.17) is 14.2 Å². The lowest BCUT2D eigenvalue weighted by atomic mass is 9.87. The molecule has 2 aromatic carbocycles. The molecule has 0 saturated carbocycles. The van der Waals surface area contributed by atoms with Crippen molar-refractivity contribution < 1.29 is 19.0 Å². The van der Waals surface area contributed by atoms with Crippen molar-refractivity contribution >= 4 is 5.91 Å². The molecule has 0 spiro atoms. The molecule has 0 saturated heterocycles. The molecule has 0 heterocycles. The van der Waals surface area contributed by atoms with Crippen molar-refractivity contribution in [3.8, 4) is 17.2 Å². The van der Waals surface area contributed by atoms with Gasteiger partial charge in [-0.05, 0) is 61.6 Å². The van der Waals surface area contributed by atoms with Crippen LogP contribution >= 0.6 is 0 Å². The van der Waals surface area contributed by atoms with Crippen molar-refractivity contribution in [3.63, 3.8) is 0 Å². The van der Waals surface area contributed by atoms with Crippen molar-refractivity contribution in [1.29, 1.82) is 0 Å². The maximum atomic E-state index is 12.4. The summed E-state index contributed by atoms with van der Waals surface area (Å²) in [5.41, 5.74) is 2.23. The first-order chi connectivity index (χ1) is 13.6. The fourth-order valence-electron chi connectivity index (χ4n) is 2.80. The molecule has 0 radical (unpaired) electrons. The summed E-state index contributed by atoms with van der Waals surface area (Å²) in [6, 6.07) is 13.5. The molecule has 0 unspecified atom stereocenters. The van der Waals surface area contributed by atoms with Gasteiger partial charge in [0.25, 0.3) is 5.91 Å². The maximum Gasteiger partial charge on any atom is 0.261 e. The van der Waals surface area contributed by atoms with E-state index < -0.39 is 6.10 Å². The molecule has 1 atom stereocenters. The highest BCUT2D eigenvalue weighted by atomic mass is 16.5. The van der Waals surface area contributed by atoms with E-state index in [2.05, 4.69) is 26.1 Å². The highest BCUT2D eigenvalue weighted by Gasteiger charge is 2.17. The molecule has 0 aliphatic heterocycles. The number of rotatable bonds is 8. The number of benzene rings is 2. The first kappa shape index (κ1) is 22.6. The van der Waals surface area contributed by atoms with Crippen LogP contribution in [-0.4, -0.2) is 25.2 Å². The van der Waals surface area contributed by atoms with E-state index in [0.717, 1.165) is 5.56 Å². The lowest BCUT2D eigenvalue weighted by Gasteiger charge is -2.20. The summed E-state index contributed by atoms with van der Waals surface area (Å²) in [6.07, 6.45) is -0.536. The maximum absolute atomic E-state index is 12.4. The standard InChI is InChI=1S/C24H33NO4/c1-16(2)28-21-13-8-18(14-22(21)27-7)15-25-23(26)17(3)29-20-11-9-19(10-12-20)24(4,5)6/h8-14,16-17H,15H2,1-7H3,(H,25,26)/t17-/m0/s1. The van der Waals surface area contributed by atoms with Gasteiger partial charge in [-0.2, -0.15) is 0 Å². The van der Waals surface area contributed by atoms with E-state index in [1.807, 2.05) is 56.3 Å². The van der Waals surface area contributed by atoms with Gasteiger partial charge in [-0.15, -0.1) is 0 Å². The van der Waals surface area contributed by atoms with Crippen molar-refractivity contribution in [1.82, 2.24) is 5.32 Å². The first-order valence-corrected chi connectivity index (χ1v) is 9.98. The van der Waals surface area contributed by atoms with Gasteiger partial charge in [-0.1, -0.05) is 39.0 Å². The molecular formula is C24H33NO4. The molecule has 2 aromatic rings. The number of ether oxygens (including phenoxy) is 3. The third-order valence-electron chi connectivity index (χ3n) is 4.46. The minimum absolute atomic E-state index is 0.0601.